The second-order valence-corrected chi connectivity index (χ2v) is 5.57. The Balaban J connectivity index is 1.72. The second-order valence-electron chi connectivity index (χ2n) is 5.57. The molecule has 0 atom stereocenters. The van der Waals surface area contributed by atoms with E-state index in [1.807, 2.05) is 0 Å². The predicted molar refractivity (Wildman–Crippen MR) is 95.0 cm³/mol. The lowest BCUT2D eigenvalue weighted by Crippen LogP contribution is -2.18. The normalized spacial score (nSPS) is 11.0. The minimum atomic E-state index is -0.371. The average molecular weight is 366 g/mol. The van der Waals surface area contributed by atoms with Crippen LogP contribution in [0.2, 0.25) is 0 Å². The summed E-state index contributed by atoms with van der Waals surface area (Å²) >= 11 is 0. The highest BCUT2D eigenvalue weighted by Gasteiger charge is 2.16. The van der Waals surface area contributed by atoms with E-state index in [9.17, 15) is 9.59 Å². The molecule has 0 aliphatic rings. The Morgan fingerprint density at radius 2 is 2.15 bits per heavy atom. The summed E-state index contributed by atoms with van der Waals surface area (Å²) in [4.78, 5) is 45.1. The van der Waals surface area contributed by atoms with E-state index in [0.717, 1.165) is 5.56 Å². The van der Waals surface area contributed by atoms with E-state index >= 15 is 0 Å². The fourth-order valence-corrected chi connectivity index (χ4v) is 2.58. The summed E-state index contributed by atoms with van der Waals surface area (Å²) in [7, 11) is 0. The van der Waals surface area contributed by atoms with E-state index in [0.29, 0.717) is 29.2 Å². The van der Waals surface area contributed by atoms with Crippen molar-refractivity contribution in [2.24, 2.45) is 0 Å². The molecule has 0 fully saturated rings. The van der Waals surface area contributed by atoms with Gasteiger partial charge in [-0.2, -0.15) is 0 Å². The van der Waals surface area contributed by atoms with Crippen molar-refractivity contribution in [3.05, 3.63) is 46.8 Å². The van der Waals surface area contributed by atoms with Crippen LogP contribution in [-0.2, 0) is 11.3 Å². The molecule has 0 radical (unpaired) electrons. The molecule has 136 valence electrons. The van der Waals surface area contributed by atoms with Crippen LogP contribution >= 0.6 is 0 Å². The first-order chi connectivity index (χ1) is 13.2. The molecule has 4 aromatic rings. The Hall–Kier alpha value is -4.02. The number of hydrogen-bond acceptors (Lipinski definition) is 8. The van der Waals surface area contributed by atoms with Gasteiger partial charge < -0.3 is 20.4 Å². The van der Waals surface area contributed by atoms with Gasteiger partial charge in [0.1, 0.15) is 12.1 Å². The number of carbonyl (C=O) groups is 1. The number of rotatable bonds is 6. The summed E-state index contributed by atoms with van der Waals surface area (Å²) in [6.07, 6.45) is 5.41. The molecule has 4 N–H and O–H groups in total. The number of fused-ring (bicyclic) bond motifs is 1. The highest BCUT2D eigenvalue weighted by atomic mass is 16.5. The Morgan fingerprint density at radius 1 is 1.26 bits per heavy atom. The van der Waals surface area contributed by atoms with Crippen LogP contribution in [0.25, 0.3) is 22.8 Å². The first kappa shape index (κ1) is 16.4. The van der Waals surface area contributed by atoms with Gasteiger partial charge in [-0.05, 0) is 5.56 Å². The van der Waals surface area contributed by atoms with Crippen molar-refractivity contribution in [2.75, 3.05) is 12.3 Å². The highest BCUT2D eigenvalue weighted by Crippen LogP contribution is 2.19. The van der Waals surface area contributed by atoms with Crippen molar-refractivity contribution in [3.8, 4) is 17.5 Å². The number of pyridine rings is 1. The van der Waals surface area contributed by atoms with Gasteiger partial charge in [0, 0.05) is 24.7 Å². The maximum atomic E-state index is 12.4. The Morgan fingerprint density at radius 3 is 2.85 bits per heavy atom. The number of imidazole rings is 2. The van der Waals surface area contributed by atoms with Gasteiger partial charge in [-0.15, -0.1) is 0 Å². The van der Waals surface area contributed by atoms with Gasteiger partial charge in [0.05, 0.1) is 6.54 Å². The van der Waals surface area contributed by atoms with Crippen molar-refractivity contribution in [2.45, 2.75) is 6.54 Å². The molecule has 0 aliphatic heterocycles. The average Bonchev–Trinajstić information content (AvgIpc) is 3.31. The largest absolute Gasteiger partial charge is 0.470 e. The van der Waals surface area contributed by atoms with E-state index in [4.69, 9.17) is 10.5 Å². The number of aldehydes is 1. The topological polar surface area (TPSA) is 157 Å². The van der Waals surface area contributed by atoms with Crippen LogP contribution in [0.15, 0.2) is 35.5 Å². The molecule has 0 unspecified atom stereocenters. The molecule has 4 aromatic heterocycles. The third-order valence-electron chi connectivity index (χ3n) is 3.80. The zero-order chi connectivity index (χ0) is 18.8. The number of anilines is 1. The van der Waals surface area contributed by atoms with E-state index in [1.165, 1.54) is 4.57 Å². The van der Waals surface area contributed by atoms with Crippen LogP contribution in [0, 0.1) is 0 Å². The molecule has 0 saturated carbocycles. The van der Waals surface area contributed by atoms with Crippen LogP contribution in [0.5, 0.6) is 5.88 Å². The number of nitrogens with two attached hydrogens (primary N) is 1. The van der Waals surface area contributed by atoms with E-state index < -0.39 is 0 Å². The maximum absolute atomic E-state index is 12.4. The molecule has 4 rings (SSSR count). The smallest absolute Gasteiger partial charge is 0.328 e. The molecule has 0 saturated heterocycles. The van der Waals surface area contributed by atoms with Crippen LogP contribution in [-0.4, -0.2) is 47.4 Å². The van der Waals surface area contributed by atoms with Crippen LogP contribution < -0.4 is 16.2 Å². The fourth-order valence-electron chi connectivity index (χ4n) is 2.58. The van der Waals surface area contributed by atoms with Crippen LogP contribution in [0.1, 0.15) is 5.56 Å². The molecular formula is C16H14N8O3. The van der Waals surface area contributed by atoms with Gasteiger partial charge in [0.2, 0.25) is 5.88 Å². The minimum Gasteiger partial charge on any atom is -0.470 e. The Kier molecular flexibility index (Phi) is 4.09. The lowest BCUT2D eigenvalue weighted by molar-refractivity contribution is -0.109. The second kappa shape index (κ2) is 6.71. The monoisotopic (exact) mass is 366 g/mol. The molecule has 0 bridgehead atoms. The van der Waals surface area contributed by atoms with Gasteiger partial charge in [-0.1, -0.05) is 6.07 Å². The maximum Gasteiger partial charge on any atom is 0.328 e. The van der Waals surface area contributed by atoms with Gasteiger partial charge in [-0.25, -0.2) is 24.7 Å². The highest BCUT2D eigenvalue weighted by molar-refractivity contribution is 5.83. The molecule has 4 heterocycles. The minimum absolute atomic E-state index is 0.0694. The molecule has 11 heteroatoms. The number of H-pyrrole nitrogens is 2. The summed E-state index contributed by atoms with van der Waals surface area (Å²) in [5.74, 6) is 1.21. The summed E-state index contributed by atoms with van der Waals surface area (Å²) in [5, 5.41) is 0. The number of nitrogens with zero attached hydrogens (tertiary/aromatic N) is 5. The summed E-state index contributed by atoms with van der Waals surface area (Å²) in [5.41, 5.74) is 7.06. The van der Waals surface area contributed by atoms with E-state index in [-0.39, 0.29) is 30.5 Å². The first-order valence-corrected chi connectivity index (χ1v) is 7.93. The van der Waals surface area contributed by atoms with Crippen molar-refractivity contribution in [3.63, 3.8) is 0 Å². The lowest BCUT2D eigenvalue weighted by atomic mass is 10.3. The van der Waals surface area contributed by atoms with Gasteiger partial charge in [-0.3, -0.25) is 9.36 Å². The van der Waals surface area contributed by atoms with Crippen molar-refractivity contribution in [1.29, 1.82) is 0 Å². The fraction of sp³-hybridized carbons (Fsp3) is 0.125. The SMILES string of the molecule is Nc1nc(-c2ncc[nH]2)nc2c1[nH]c(=O)n2Cc1ccc(OCC=O)nc1. The number of ether oxygens (including phenoxy) is 1. The standard InChI is InChI=1S/C16H14N8O3/c17-12-11-15(23-14(22-12)13-18-3-4-19-13)24(16(26)21-11)8-9-1-2-10(20-7-9)27-6-5-25/h1-5,7H,6,8H2,(H,18,19)(H,21,26)(H2,17,22,23). The predicted octanol–water partition coefficient (Wildman–Crippen LogP) is 0.113. The van der Waals surface area contributed by atoms with Crippen LogP contribution in [0.3, 0.4) is 0 Å². The van der Waals surface area contributed by atoms with E-state index in [2.05, 4.69) is 29.9 Å². The zero-order valence-corrected chi connectivity index (χ0v) is 13.9. The van der Waals surface area contributed by atoms with Crippen LogP contribution in [0.4, 0.5) is 5.82 Å². The summed E-state index contributed by atoms with van der Waals surface area (Å²) < 4.78 is 6.54. The van der Waals surface area contributed by atoms with Crippen molar-refractivity contribution >= 4 is 23.3 Å². The van der Waals surface area contributed by atoms with Crippen molar-refractivity contribution in [1.82, 2.24) is 34.5 Å². The zero-order valence-electron chi connectivity index (χ0n) is 13.9. The molecular weight excluding hydrogens is 352 g/mol. The first-order valence-electron chi connectivity index (χ1n) is 7.93. The Bertz CT molecular complexity index is 1150. The molecule has 0 aromatic carbocycles. The van der Waals surface area contributed by atoms with E-state index in [1.54, 1.807) is 30.7 Å². The number of carbonyl (C=O) groups excluding carboxylic acids is 1. The number of aromatic nitrogens is 7. The molecule has 0 aliphatic carbocycles. The lowest BCUT2D eigenvalue weighted by Gasteiger charge is -2.06. The molecule has 0 amide bonds. The number of nitrogen functional groups attached to an aromatic ring is 1. The quantitative estimate of drug-likeness (QED) is 0.406. The molecule has 0 spiro atoms. The summed E-state index contributed by atoms with van der Waals surface area (Å²) in [6, 6.07) is 3.37. The third-order valence-corrected chi connectivity index (χ3v) is 3.80. The van der Waals surface area contributed by atoms with Gasteiger partial charge in [0.25, 0.3) is 0 Å². The summed E-state index contributed by atoms with van der Waals surface area (Å²) in [6.45, 7) is 0.147. The van der Waals surface area contributed by atoms with Gasteiger partial charge >= 0.3 is 5.69 Å². The molecule has 27 heavy (non-hydrogen) atoms. The number of aromatic amines is 2. The third kappa shape index (κ3) is 3.13. The number of nitrogens with one attached hydrogen (secondary N) is 2. The molecule has 11 nitrogen and oxygen atoms in total. The van der Waals surface area contributed by atoms with Gasteiger partial charge in [0.15, 0.2) is 29.4 Å². The van der Waals surface area contributed by atoms with Crippen molar-refractivity contribution < 1.29 is 9.53 Å². The Labute approximate surface area is 151 Å². The number of hydrogen-bond donors (Lipinski definition) is 3.